The topological polar surface area (TPSA) is 193 Å². The lowest BCUT2D eigenvalue weighted by molar-refractivity contribution is -0.122. The molecule has 0 amide bonds. The fourth-order valence-corrected chi connectivity index (χ4v) is 0. The minimum Gasteiger partial charge on any atom is -0.483 e. The Labute approximate surface area is 90.9 Å². The van der Waals surface area contributed by atoms with Crippen LogP contribution < -0.4 is 34.4 Å². The summed E-state index contributed by atoms with van der Waals surface area (Å²) in [6.07, 6.45) is 0. The van der Waals surface area contributed by atoms with Gasteiger partial charge in [0.15, 0.2) is 0 Å². The lowest BCUT2D eigenvalue weighted by Crippen LogP contribution is -2.11. The van der Waals surface area contributed by atoms with Crippen LogP contribution >= 0.6 is 0 Å². The highest BCUT2D eigenvalue weighted by atomic mass is 16.3. The van der Waals surface area contributed by atoms with E-state index in [0.29, 0.717) is 39.3 Å². The summed E-state index contributed by atoms with van der Waals surface area (Å²) in [5, 5.41) is 6.89. The molecule has 96 valence electrons. The Hall–Kier alpha value is -0.770. The molecule has 0 spiro atoms. The van der Waals surface area contributed by atoms with Crippen LogP contribution in [0.5, 0.6) is 0 Å². The van der Waals surface area contributed by atoms with E-state index in [2.05, 4.69) is 0 Å². The molecule has 8 heteroatoms. The van der Waals surface area contributed by atoms with Gasteiger partial charge in [0, 0.05) is 39.3 Å². The Morgan fingerprint density at radius 2 is 0.733 bits per heavy atom. The minimum atomic E-state index is -0.250. The van der Waals surface area contributed by atoms with Gasteiger partial charge in [-0.25, -0.2) is 0 Å². The normalized spacial score (nSPS) is 6.80. The van der Waals surface area contributed by atoms with Crippen molar-refractivity contribution in [2.45, 2.75) is 0 Å². The van der Waals surface area contributed by atoms with Crippen LogP contribution in [-0.4, -0.2) is 50.8 Å². The van der Waals surface area contributed by atoms with Crippen molar-refractivity contribution in [1.82, 2.24) is 0 Å². The summed E-state index contributed by atoms with van der Waals surface area (Å²) in [4.78, 5) is 8.36. The molecule has 0 aromatic rings. The molecule has 0 rings (SSSR count). The number of rotatable bonds is 3. The maximum atomic E-state index is 8.36. The number of hydrogen-bond donors (Lipinski definition) is 7. The van der Waals surface area contributed by atoms with Gasteiger partial charge >= 0.3 is 0 Å². The molecule has 0 saturated heterocycles. The van der Waals surface area contributed by atoms with Gasteiger partial charge in [0.2, 0.25) is 0 Å². The van der Waals surface area contributed by atoms with E-state index in [1.54, 1.807) is 0 Å². The van der Waals surface area contributed by atoms with Gasteiger partial charge in [-0.05, 0) is 0 Å². The molecule has 0 heterocycles. The second-order valence-corrected chi connectivity index (χ2v) is 1.84. The van der Waals surface area contributed by atoms with E-state index in [-0.39, 0.29) is 6.47 Å². The molecule has 0 aliphatic carbocycles. The SMILES string of the molecule is NCCN.NCCN.NCCN.O=CO. The van der Waals surface area contributed by atoms with E-state index in [4.69, 9.17) is 44.3 Å². The molecular weight excluding hydrogens is 200 g/mol. The van der Waals surface area contributed by atoms with Crippen LogP contribution in [0.15, 0.2) is 0 Å². The van der Waals surface area contributed by atoms with Gasteiger partial charge in [-0.15, -0.1) is 0 Å². The second-order valence-electron chi connectivity index (χ2n) is 1.84. The zero-order valence-corrected chi connectivity index (χ0v) is 9.14. The molecule has 0 bridgehead atoms. The van der Waals surface area contributed by atoms with Gasteiger partial charge < -0.3 is 39.5 Å². The van der Waals surface area contributed by atoms with E-state index in [1.807, 2.05) is 0 Å². The highest BCUT2D eigenvalue weighted by Gasteiger charge is 1.55. The van der Waals surface area contributed by atoms with Crippen LogP contribution in [0, 0.1) is 0 Å². The molecule has 0 aliphatic heterocycles. The van der Waals surface area contributed by atoms with Crippen LogP contribution in [0.25, 0.3) is 0 Å². The number of carbonyl (C=O) groups is 1. The highest BCUT2D eigenvalue weighted by molar-refractivity contribution is 5.32. The van der Waals surface area contributed by atoms with Crippen LogP contribution in [0.4, 0.5) is 0 Å². The summed E-state index contributed by atoms with van der Waals surface area (Å²) in [5.41, 5.74) is 29.4. The van der Waals surface area contributed by atoms with E-state index in [9.17, 15) is 0 Å². The molecule has 0 radical (unpaired) electrons. The van der Waals surface area contributed by atoms with Crippen molar-refractivity contribution >= 4 is 6.47 Å². The maximum absolute atomic E-state index is 8.36. The minimum absolute atomic E-state index is 0.250. The number of hydrogen-bond acceptors (Lipinski definition) is 7. The third kappa shape index (κ3) is 336. The average Bonchev–Trinajstić information content (AvgIpc) is 2.30. The van der Waals surface area contributed by atoms with Crippen molar-refractivity contribution in [3.05, 3.63) is 0 Å². The molecule has 0 atom stereocenters. The molecule has 0 unspecified atom stereocenters. The van der Waals surface area contributed by atoms with Crippen molar-refractivity contribution in [1.29, 1.82) is 0 Å². The third-order valence-electron chi connectivity index (χ3n) is 0.500. The van der Waals surface area contributed by atoms with Gasteiger partial charge in [-0.3, -0.25) is 4.79 Å². The van der Waals surface area contributed by atoms with E-state index < -0.39 is 0 Å². The monoisotopic (exact) mass is 226 g/mol. The first-order chi connectivity index (χ1) is 7.16. The predicted octanol–water partition coefficient (Wildman–Crippen LogP) is -3.59. The lowest BCUT2D eigenvalue weighted by Gasteiger charge is -1.72. The van der Waals surface area contributed by atoms with Crippen LogP contribution in [0.3, 0.4) is 0 Å². The summed E-state index contributed by atoms with van der Waals surface area (Å²) >= 11 is 0. The molecule has 8 nitrogen and oxygen atoms in total. The Morgan fingerprint density at radius 1 is 0.667 bits per heavy atom. The van der Waals surface area contributed by atoms with Crippen LogP contribution in [-0.2, 0) is 4.79 Å². The van der Waals surface area contributed by atoms with Crippen LogP contribution in [0.2, 0.25) is 0 Å². The van der Waals surface area contributed by atoms with Crippen molar-refractivity contribution in [2.24, 2.45) is 34.4 Å². The Kier molecular flexibility index (Phi) is 80.9. The Balaban J connectivity index is -0.0000000542. The first-order valence-corrected chi connectivity index (χ1v) is 4.44. The van der Waals surface area contributed by atoms with E-state index in [1.165, 1.54) is 0 Å². The lowest BCUT2D eigenvalue weighted by atomic mass is 10.7. The predicted molar refractivity (Wildman–Crippen MR) is 63.0 cm³/mol. The van der Waals surface area contributed by atoms with Crippen LogP contribution in [0.1, 0.15) is 0 Å². The van der Waals surface area contributed by atoms with Gasteiger partial charge in [0.05, 0.1) is 0 Å². The average molecular weight is 226 g/mol. The number of carboxylic acid groups (broad SMARTS) is 1. The summed E-state index contributed by atoms with van der Waals surface area (Å²) in [6.45, 7) is 3.33. The van der Waals surface area contributed by atoms with E-state index >= 15 is 0 Å². The maximum Gasteiger partial charge on any atom is 0.290 e. The smallest absolute Gasteiger partial charge is 0.290 e. The Morgan fingerprint density at radius 3 is 0.733 bits per heavy atom. The molecule has 0 aromatic heterocycles. The quantitative estimate of drug-likeness (QED) is 0.240. The first-order valence-electron chi connectivity index (χ1n) is 4.44. The summed E-state index contributed by atoms with van der Waals surface area (Å²) in [6, 6.07) is 0. The summed E-state index contributed by atoms with van der Waals surface area (Å²) < 4.78 is 0. The first kappa shape index (κ1) is 23.8. The van der Waals surface area contributed by atoms with Crippen molar-refractivity contribution < 1.29 is 9.90 Å². The number of nitrogens with two attached hydrogens (primary N) is 6. The molecule has 0 aliphatic rings. The molecular formula is C7H26N6O2. The van der Waals surface area contributed by atoms with Gasteiger partial charge in [-0.1, -0.05) is 0 Å². The van der Waals surface area contributed by atoms with Crippen molar-refractivity contribution in [3.8, 4) is 0 Å². The highest BCUT2D eigenvalue weighted by Crippen LogP contribution is 1.25. The van der Waals surface area contributed by atoms with E-state index in [0.717, 1.165) is 0 Å². The second kappa shape index (κ2) is 51.0. The summed E-state index contributed by atoms with van der Waals surface area (Å²) in [7, 11) is 0. The fourth-order valence-electron chi connectivity index (χ4n) is 0. The fraction of sp³-hybridized carbons (Fsp3) is 0.857. The van der Waals surface area contributed by atoms with Gasteiger partial charge in [0.25, 0.3) is 6.47 Å². The molecule has 0 fully saturated rings. The van der Waals surface area contributed by atoms with Crippen molar-refractivity contribution in [3.63, 3.8) is 0 Å². The molecule has 0 saturated carbocycles. The largest absolute Gasteiger partial charge is 0.483 e. The zero-order valence-electron chi connectivity index (χ0n) is 9.14. The summed E-state index contributed by atoms with van der Waals surface area (Å²) in [5.74, 6) is 0. The standard InChI is InChI=1S/3C2H8N2.CH2O2/c3*3-1-2-4;2-1-3/h3*1-4H2;1H,(H,2,3). The molecule has 15 heavy (non-hydrogen) atoms. The van der Waals surface area contributed by atoms with Gasteiger partial charge in [-0.2, -0.15) is 0 Å². The molecule has 0 aromatic carbocycles. The van der Waals surface area contributed by atoms with Gasteiger partial charge in [0.1, 0.15) is 0 Å². The zero-order chi connectivity index (χ0) is 12.9. The van der Waals surface area contributed by atoms with Crippen molar-refractivity contribution in [2.75, 3.05) is 39.3 Å². The Bertz CT molecular complexity index is 61.0. The third-order valence-corrected chi connectivity index (χ3v) is 0.500. The molecule has 13 N–H and O–H groups in total.